The lowest BCUT2D eigenvalue weighted by Crippen LogP contribution is -2.29. The molecule has 0 aliphatic carbocycles. The molecule has 28 heavy (non-hydrogen) atoms. The second-order valence-electron chi connectivity index (χ2n) is 8.41. The van der Waals surface area contributed by atoms with Gasteiger partial charge in [0.1, 0.15) is 18.1 Å². The van der Waals surface area contributed by atoms with Crippen LogP contribution in [-0.2, 0) is 5.41 Å². The van der Waals surface area contributed by atoms with Crippen molar-refractivity contribution in [1.29, 1.82) is 0 Å². The molecule has 0 aromatic heterocycles. The van der Waals surface area contributed by atoms with Crippen LogP contribution in [0.5, 0.6) is 11.5 Å². The van der Waals surface area contributed by atoms with Gasteiger partial charge in [-0.15, -0.1) is 0 Å². The van der Waals surface area contributed by atoms with Gasteiger partial charge in [0.15, 0.2) is 0 Å². The summed E-state index contributed by atoms with van der Waals surface area (Å²) in [6, 6.07) is 11.9. The zero-order valence-electron chi connectivity index (χ0n) is 18.2. The van der Waals surface area contributed by atoms with Crippen LogP contribution in [0.1, 0.15) is 67.6 Å². The van der Waals surface area contributed by atoms with Crippen LogP contribution in [0.2, 0.25) is 0 Å². The number of hydrogen-bond acceptors (Lipinski definition) is 3. The summed E-state index contributed by atoms with van der Waals surface area (Å²) < 4.78 is 11.4. The van der Waals surface area contributed by atoms with Crippen LogP contribution < -0.4 is 14.8 Å². The first-order chi connectivity index (χ1) is 13.1. The molecular formula is C24H33NO3. The van der Waals surface area contributed by atoms with Gasteiger partial charge in [0.05, 0.1) is 13.7 Å². The number of benzene rings is 2. The number of methoxy groups -OCH3 is 1. The molecule has 0 heterocycles. The van der Waals surface area contributed by atoms with E-state index in [9.17, 15) is 4.79 Å². The minimum Gasteiger partial charge on any atom is -0.496 e. The Morgan fingerprint density at radius 2 is 1.79 bits per heavy atom. The minimum atomic E-state index is -0.0882. The molecule has 2 aromatic rings. The molecule has 4 nitrogen and oxygen atoms in total. The largest absolute Gasteiger partial charge is 0.496 e. The number of amides is 1. The lowest BCUT2D eigenvalue weighted by atomic mass is 9.86. The van der Waals surface area contributed by atoms with Gasteiger partial charge in [0.2, 0.25) is 0 Å². The summed E-state index contributed by atoms with van der Waals surface area (Å²) in [6.45, 7) is 13.5. The van der Waals surface area contributed by atoms with Gasteiger partial charge in [0.25, 0.3) is 5.91 Å². The molecule has 2 aromatic carbocycles. The maximum atomic E-state index is 12.7. The van der Waals surface area contributed by atoms with E-state index in [1.807, 2.05) is 37.3 Å². The van der Waals surface area contributed by atoms with Gasteiger partial charge in [-0.2, -0.15) is 0 Å². The number of para-hydroxylation sites is 1. The number of aryl methyl sites for hydroxylation is 1. The monoisotopic (exact) mass is 383 g/mol. The average molecular weight is 384 g/mol. The molecule has 0 fully saturated rings. The Kier molecular flexibility index (Phi) is 7.11. The average Bonchev–Trinajstić information content (AvgIpc) is 2.64. The Labute approximate surface area is 169 Å². The highest BCUT2D eigenvalue weighted by Gasteiger charge is 2.19. The molecule has 0 radical (unpaired) electrons. The first kappa shape index (κ1) is 21.8. The van der Waals surface area contributed by atoms with E-state index in [-0.39, 0.29) is 17.2 Å². The van der Waals surface area contributed by atoms with Crippen LogP contribution in [-0.4, -0.2) is 26.2 Å². The van der Waals surface area contributed by atoms with Crippen LogP contribution in [0.25, 0.3) is 0 Å². The molecule has 0 aliphatic heterocycles. The Hall–Kier alpha value is -2.49. The zero-order valence-corrected chi connectivity index (χ0v) is 18.2. The van der Waals surface area contributed by atoms with Crippen molar-refractivity contribution in [2.24, 2.45) is 0 Å². The van der Waals surface area contributed by atoms with Crippen molar-refractivity contribution >= 4 is 5.91 Å². The van der Waals surface area contributed by atoms with E-state index < -0.39 is 0 Å². The summed E-state index contributed by atoms with van der Waals surface area (Å²) >= 11 is 0. The van der Waals surface area contributed by atoms with Gasteiger partial charge in [-0.05, 0) is 53.1 Å². The zero-order chi connectivity index (χ0) is 20.9. The standard InChI is InChI=1S/C24H33NO3/c1-16(2)18-15-19(17(3)14-22(18)27-7)23(26)25-12-13-28-21-11-9-8-10-20(21)24(4,5)6/h8-11,14-16H,12-13H2,1-7H3,(H,25,26). The second kappa shape index (κ2) is 9.13. The van der Waals surface area contributed by atoms with E-state index in [1.54, 1.807) is 7.11 Å². The van der Waals surface area contributed by atoms with E-state index in [2.05, 4.69) is 46.0 Å². The molecule has 0 unspecified atom stereocenters. The maximum Gasteiger partial charge on any atom is 0.251 e. The highest BCUT2D eigenvalue weighted by molar-refractivity contribution is 5.96. The third kappa shape index (κ3) is 5.28. The number of carbonyl (C=O) groups is 1. The maximum absolute atomic E-state index is 12.7. The van der Waals surface area contributed by atoms with Gasteiger partial charge >= 0.3 is 0 Å². The van der Waals surface area contributed by atoms with Crippen molar-refractivity contribution in [3.63, 3.8) is 0 Å². The molecule has 0 aliphatic rings. The van der Waals surface area contributed by atoms with Gasteiger partial charge < -0.3 is 14.8 Å². The Morgan fingerprint density at radius 3 is 2.39 bits per heavy atom. The van der Waals surface area contributed by atoms with Crippen molar-refractivity contribution < 1.29 is 14.3 Å². The molecule has 0 bridgehead atoms. The van der Waals surface area contributed by atoms with Crippen LogP contribution in [0, 0.1) is 6.92 Å². The SMILES string of the molecule is COc1cc(C)c(C(=O)NCCOc2ccccc2C(C)(C)C)cc1C(C)C. The molecule has 2 rings (SSSR count). The predicted octanol–water partition coefficient (Wildman–Crippen LogP) is 5.23. The molecule has 4 heteroatoms. The fraction of sp³-hybridized carbons (Fsp3) is 0.458. The van der Waals surface area contributed by atoms with Crippen molar-refractivity contribution in [3.05, 3.63) is 58.7 Å². The van der Waals surface area contributed by atoms with Crippen molar-refractivity contribution in [3.8, 4) is 11.5 Å². The topological polar surface area (TPSA) is 47.6 Å². The summed E-state index contributed by atoms with van der Waals surface area (Å²) in [6.07, 6.45) is 0. The van der Waals surface area contributed by atoms with Gasteiger partial charge in [-0.3, -0.25) is 4.79 Å². The molecule has 0 atom stereocenters. The van der Waals surface area contributed by atoms with E-state index in [1.165, 1.54) is 0 Å². The molecule has 0 saturated carbocycles. The summed E-state index contributed by atoms with van der Waals surface area (Å²) in [5, 5.41) is 2.97. The molecule has 0 saturated heterocycles. The van der Waals surface area contributed by atoms with E-state index >= 15 is 0 Å². The highest BCUT2D eigenvalue weighted by Crippen LogP contribution is 2.31. The van der Waals surface area contributed by atoms with Crippen LogP contribution in [0.15, 0.2) is 36.4 Å². The summed E-state index contributed by atoms with van der Waals surface area (Å²) in [5.74, 6) is 1.88. The quantitative estimate of drug-likeness (QED) is 0.666. The molecule has 152 valence electrons. The van der Waals surface area contributed by atoms with E-state index in [0.717, 1.165) is 28.2 Å². The number of ether oxygens (including phenoxy) is 2. The third-order valence-corrected chi connectivity index (χ3v) is 4.78. The van der Waals surface area contributed by atoms with Crippen molar-refractivity contribution in [1.82, 2.24) is 5.32 Å². The smallest absolute Gasteiger partial charge is 0.251 e. The van der Waals surface area contributed by atoms with Crippen LogP contribution in [0.4, 0.5) is 0 Å². The Balaban J connectivity index is 2.02. The number of nitrogens with one attached hydrogen (secondary N) is 1. The third-order valence-electron chi connectivity index (χ3n) is 4.78. The fourth-order valence-electron chi connectivity index (χ4n) is 3.20. The van der Waals surface area contributed by atoms with Crippen molar-refractivity contribution in [2.45, 2.75) is 52.9 Å². The minimum absolute atomic E-state index is 0.00724. The van der Waals surface area contributed by atoms with Gasteiger partial charge in [0, 0.05) is 5.56 Å². The molecular weight excluding hydrogens is 350 g/mol. The van der Waals surface area contributed by atoms with Crippen LogP contribution >= 0.6 is 0 Å². The van der Waals surface area contributed by atoms with Crippen molar-refractivity contribution in [2.75, 3.05) is 20.3 Å². The lowest BCUT2D eigenvalue weighted by molar-refractivity contribution is 0.0946. The predicted molar refractivity (Wildman–Crippen MR) is 115 cm³/mol. The summed E-state index contributed by atoms with van der Waals surface area (Å²) in [7, 11) is 1.66. The number of hydrogen-bond donors (Lipinski definition) is 1. The molecule has 0 spiro atoms. The van der Waals surface area contributed by atoms with E-state index in [4.69, 9.17) is 9.47 Å². The molecule has 1 amide bonds. The van der Waals surface area contributed by atoms with E-state index in [0.29, 0.717) is 18.7 Å². The fourth-order valence-corrected chi connectivity index (χ4v) is 3.20. The normalized spacial score (nSPS) is 11.4. The number of rotatable bonds is 7. The first-order valence-electron chi connectivity index (χ1n) is 9.84. The highest BCUT2D eigenvalue weighted by atomic mass is 16.5. The Morgan fingerprint density at radius 1 is 1.11 bits per heavy atom. The second-order valence-corrected chi connectivity index (χ2v) is 8.41. The lowest BCUT2D eigenvalue weighted by Gasteiger charge is -2.22. The summed E-state index contributed by atoms with van der Waals surface area (Å²) in [4.78, 5) is 12.7. The number of carbonyl (C=O) groups excluding carboxylic acids is 1. The first-order valence-corrected chi connectivity index (χ1v) is 9.84. The summed E-state index contributed by atoms with van der Waals surface area (Å²) in [5.41, 5.74) is 3.78. The Bertz CT molecular complexity index is 819. The van der Waals surface area contributed by atoms with Gasteiger partial charge in [-0.25, -0.2) is 0 Å². The van der Waals surface area contributed by atoms with Crippen LogP contribution in [0.3, 0.4) is 0 Å². The van der Waals surface area contributed by atoms with Gasteiger partial charge in [-0.1, -0.05) is 52.8 Å². The molecule has 1 N–H and O–H groups in total.